The quantitative estimate of drug-likeness (QED) is 0.842. The Kier molecular flexibility index (Phi) is 5.50. The second-order valence-corrected chi connectivity index (χ2v) is 6.25. The summed E-state index contributed by atoms with van der Waals surface area (Å²) in [5, 5.41) is 2.51. The third kappa shape index (κ3) is 4.39. The molecule has 4 nitrogen and oxygen atoms in total. The predicted octanol–water partition coefficient (Wildman–Crippen LogP) is 3.94. The van der Waals surface area contributed by atoms with Crippen LogP contribution in [-0.4, -0.2) is 18.0 Å². The lowest BCUT2D eigenvalue weighted by Gasteiger charge is -2.13. The van der Waals surface area contributed by atoms with Gasteiger partial charge in [0.15, 0.2) is 6.10 Å². The van der Waals surface area contributed by atoms with E-state index in [1.807, 2.05) is 13.8 Å². The van der Waals surface area contributed by atoms with Crippen LogP contribution in [0.4, 0.5) is 10.1 Å². The smallest absolute Gasteiger partial charge is 0.349 e. The van der Waals surface area contributed by atoms with Gasteiger partial charge in [0.25, 0.3) is 5.91 Å². The topological polar surface area (TPSA) is 55.4 Å². The van der Waals surface area contributed by atoms with Gasteiger partial charge in [-0.05, 0) is 50.1 Å². The van der Waals surface area contributed by atoms with Crippen LogP contribution < -0.4 is 5.32 Å². The van der Waals surface area contributed by atoms with Crippen LogP contribution in [0.2, 0.25) is 0 Å². The number of amides is 1. The first kappa shape index (κ1) is 17.1. The molecule has 23 heavy (non-hydrogen) atoms. The lowest BCUT2D eigenvalue weighted by molar-refractivity contribution is -0.123. The number of nitrogens with one attached hydrogen (secondary N) is 1. The molecule has 0 aliphatic rings. The largest absolute Gasteiger partial charge is 0.448 e. The van der Waals surface area contributed by atoms with Crippen molar-refractivity contribution in [3.05, 3.63) is 51.5 Å². The van der Waals surface area contributed by atoms with Crippen LogP contribution in [0.15, 0.2) is 30.3 Å². The van der Waals surface area contributed by atoms with E-state index in [0.717, 1.165) is 16.9 Å². The third-order valence-electron chi connectivity index (χ3n) is 3.29. The standard InChI is InChI=1S/C17H18FNO3S/c1-4-14-10(2)8-15(23-14)17(21)22-11(3)16(20)19-13-7-5-6-12(18)9-13/h5-9,11H,4H2,1-3H3,(H,19,20)/t11-/m0/s1. The molecule has 1 atom stereocenters. The normalized spacial score (nSPS) is 11.8. The fraction of sp³-hybridized carbons (Fsp3) is 0.294. The predicted molar refractivity (Wildman–Crippen MR) is 88.3 cm³/mol. The van der Waals surface area contributed by atoms with Crippen molar-refractivity contribution >= 4 is 28.9 Å². The maximum absolute atomic E-state index is 13.1. The molecule has 0 aliphatic heterocycles. The molecule has 2 rings (SSSR count). The Morgan fingerprint density at radius 1 is 1.35 bits per heavy atom. The molecular formula is C17H18FNO3S. The number of rotatable bonds is 5. The number of thiophene rings is 1. The summed E-state index contributed by atoms with van der Waals surface area (Å²) < 4.78 is 18.3. The molecule has 6 heteroatoms. The van der Waals surface area contributed by atoms with E-state index >= 15 is 0 Å². The summed E-state index contributed by atoms with van der Waals surface area (Å²) in [6.45, 7) is 5.43. The molecule has 1 heterocycles. The monoisotopic (exact) mass is 335 g/mol. The van der Waals surface area contributed by atoms with Gasteiger partial charge in [-0.1, -0.05) is 13.0 Å². The molecule has 0 aliphatic carbocycles. The van der Waals surface area contributed by atoms with Crippen LogP contribution >= 0.6 is 11.3 Å². The minimum absolute atomic E-state index is 0.318. The van der Waals surface area contributed by atoms with Crippen molar-refractivity contribution in [2.45, 2.75) is 33.3 Å². The number of anilines is 1. The van der Waals surface area contributed by atoms with E-state index in [1.165, 1.54) is 36.5 Å². The number of aryl methyl sites for hydroxylation is 2. The minimum atomic E-state index is -0.974. The summed E-state index contributed by atoms with van der Waals surface area (Å²) in [7, 11) is 0. The zero-order valence-electron chi connectivity index (χ0n) is 13.2. The number of benzene rings is 1. The molecule has 0 radical (unpaired) electrons. The zero-order valence-corrected chi connectivity index (χ0v) is 14.0. The van der Waals surface area contributed by atoms with Crippen molar-refractivity contribution in [1.29, 1.82) is 0 Å². The van der Waals surface area contributed by atoms with Crippen molar-refractivity contribution in [2.24, 2.45) is 0 Å². The first-order chi connectivity index (χ1) is 10.9. The van der Waals surface area contributed by atoms with Crippen LogP contribution in [0.5, 0.6) is 0 Å². The molecule has 2 aromatic rings. The lowest BCUT2D eigenvalue weighted by Crippen LogP contribution is -2.29. The molecule has 1 aromatic carbocycles. The van der Waals surface area contributed by atoms with E-state index in [0.29, 0.717) is 10.6 Å². The third-order valence-corrected chi connectivity index (χ3v) is 4.65. The average Bonchev–Trinajstić information content (AvgIpc) is 2.88. The molecule has 122 valence electrons. The maximum Gasteiger partial charge on any atom is 0.349 e. The highest BCUT2D eigenvalue weighted by Gasteiger charge is 2.21. The van der Waals surface area contributed by atoms with E-state index in [9.17, 15) is 14.0 Å². The summed E-state index contributed by atoms with van der Waals surface area (Å²) in [6, 6.07) is 7.29. The average molecular weight is 335 g/mol. The highest BCUT2D eigenvalue weighted by molar-refractivity contribution is 7.14. The molecule has 0 saturated carbocycles. The van der Waals surface area contributed by atoms with Crippen molar-refractivity contribution in [1.82, 2.24) is 0 Å². The van der Waals surface area contributed by atoms with Crippen LogP contribution in [0.3, 0.4) is 0 Å². The second-order valence-electron chi connectivity index (χ2n) is 5.12. The number of hydrogen-bond acceptors (Lipinski definition) is 4. The second kappa shape index (κ2) is 7.37. The maximum atomic E-state index is 13.1. The van der Waals surface area contributed by atoms with Gasteiger partial charge in [0.05, 0.1) is 0 Å². The molecule has 1 amide bonds. The van der Waals surface area contributed by atoms with Crippen molar-refractivity contribution in [3.63, 3.8) is 0 Å². The van der Waals surface area contributed by atoms with Crippen LogP contribution in [0, 0.1) is 12.7 Å². The molecule has 1 N–H and O–H groups in total. The van der Waals surface area contributed by atoms with Crippen LogP contribution in [0.25, 0.3) is 0 Å². The van der Waals surface area contributed by atoms with E-state index in [-0.39, 0.29) is 0 Å². The minimum Gasteiger partial charge on any atom is -0.448 e. The van der Waals surface area contributed by atoms with Gasteiger partial charge in [0.2, 0.25) is 0 Å². The SMILES string of the molecule is CCc1sc(C(=O)O[C@@H](C)C(=O)Nc2cccc(F)c2)cc1C. The van der Waals surface area contributed by atoms with E-state index in [4.69, 9.17) is 4.74 Å². The van der Waals surface area contributed by atoms with Gasteiger partial charge in [-0.3, -0.25) is 4.79 Å². The molecule has 0 saturated heterocycles. The van der Waals surface area contributed by atoms with E-state index < -0.39 is 23.8 Å². The van der Waals surface area contributed by atoms with Gasteiger partial charge >= 0.3 is 5.97 Å². The summed E-state index contributed by atoms with van der Waals surface area (Å²) in [4.78, 5) is 25.7. The van der Waals surface area contributed by atoms with E-state index in [1.54, 1.807) is 12.1 Å². The van der Waals surface area contributed by atoms with Crippen molar-refractivity contribution < 1.29 is 18.7 Å². The number of carbonyl (C=O) groups is 2. The molecule has 0 spiro atoms. The Morgan fingerprint density at radius 3 is 2.70 bits per heavy atom. The Balaban J connectivity index is 1.98. The molecule has 0 bridgehead atoms. The molecule has 0 unspecified atom stereocenters. The number of hydrogen-bond donors (Lipinski definition) is 1. The number of ether oxygens (including phenoxy) is 1. The number of halogens is 1. The van der Waals surface area contributed by atoms with Crippen LogP contribution in [0.1, 0.15) is 34.0 Å². The fourth-order valence-electron chi connectivity index (χ4n) is 2.05. The number of esters is 1. The van der Waals surface area contributed by atoms with Gasteiger partial charge < -0.3 is 10.1 Å². The Bertz CT molecular complexity index is 726. The Hall–Kier alpha value is -2.21. The van der Waals surface area contributed by atoms with Gasteiger partial charge in [-0.25, -0.2) is 9.18 Å². The molecule has 0 fully saturated rings. The zero-order chi connectivity index (χ0) is 17.0. The first-order valence-corrected chi connectivity index (χ1v) is 8.09. The summed E-state index contributed by atoms with van der Waals surface area (Å²) in [5.41, 5.74) is 1.36. The van der Waals surface area contributed by atoms with Gasteiger partial charge in [-0.2, -0.15) is 0 Å². The van der Waals surface area contributed by atoms with E-state index in [2.05, 4.69) is 5.32 Å². The van der Waals surface area contributed by atoms with Gasteiger partial charge in [0.1, 0.15) is 10.7 Å². The Morgan fingerprint density at radius 2 is 2.09 bits per heavy atom. The van der Waals surface area contributed by atoms with Crippen molar-refractivity contribution in [2.75, 3.05) is 5.32 Å². The summed E-state index contributed by atoms with van der Waals surface area (Å²) in [6.07, 6.45) is -0.127. The summed E-state index contributed by atoms with van der Waals surface area (Å²) >= 11 is 1.37. The van der Waals surface area contributed by atoms with Gasteiger partial charge in [-0.15, -0.1) is 11.3 Å². The van der Waals surface area contributed by atoms with Crippen molar-refractivity contribution in [3.8, 4) is 0 Å². The fourth-order valence-corrected chi connectivity index (χ4v) is 3.05. The first-order valence-electron chi connectivity index (χ1n) is 7.27. The van der Waals surface area contributed by atoms with Crippen LogP contribution in [-0.2, 0) is 16.0 Å². The molecular weight excluding hydrogens is 317 g/mol. The number of carbonyl (C=O) groups excluding carboxylic acids is 2. The summed E-state index contributed by atoms with van der Waals surface area (Å²) in [5.74, 6) is -1.48. The lowest BCUT2D eigenvalue weighted by atomic mass is 10.2. The highest BCUT2D eigenvalue weighted by atomic mass is 32.1. The Labute approximate surface area is 138 Å². The molecule has 1 aromatic heterocycles. The highest BCUT2D eigenvalue weighted by Crippen LogP contribution is 2.23. The van der Waals surface area contributed by atoms with Gasteiger partial charge in [0, 0.05) is 10.6 Å².